The smallest absolute Gasteiger partial charge is 0.118 e. The first kappa shape index (κ1) is 11.4. The van der Waals surface area contributed by atoms with Crippen molar-refractivity contribution >= 4 is 0 Å². The van der Waals surface area contributed by atoms with Gasteiger partial charge in [-0.05, 0) is 43.0 Å². The summed E-state index contributed by atoms with van der Waals surface area (Å²) in [4.78, 5) is 0. The third kappa shape index (κ3) is 2.97. The Morgan fingerprint density at radius 2 is 2.06 bits per heavy atom. The van der Waals surface area contributed by atoms with Crippen LogP contribution in [0.5, 0.6) is 5.75 Å². The molecule has 1 aromatic rings. The fraction of sp³-hybridized carbons (Fsp3) is 0.538. The molecule has 0 amide bonds. The highest BCUT2D eigenvalue weighted by atomic mass is 16.5. The second-order valence-corrected chi connectivity index (χ2v) is 4.36. The van der Waals surface area contributed by atoms with Crippen molar-refractivity contribution in [1.82, 2.24) is 5.32 Å². The van der Waals surface area contributed by atoms with Crippen LogP contribution in [-0.4, -0.2) is 25.4 Å². The summed E-state index contributed by atoms with van der Waals surface area (Å²) in [6.45, 7) is 1.15. The van der Waals surface area contributed by atoms with E-state index in [1.165, 1.54) is 12.8 Å². The Balaban J connectivity index is 1.94. The molecular formula is C13H19NO2. The molecule has 2 N–H and O–H groups in total. The fourth-order valence-corrected chi connectivity index (χ4v) is 1.75. The fourth-order valence-electron chi connectivity index (χ4n) is 1.75. The van der Waals surface area contributed by atoms with Crippen LogP contribution in [0.4, 0.5) is 0 Å². The molecular weight excluding hydrogens is 202 g/mol. The van der Waals surface area contributed by atoms with Crippen LogP contribution >= 0.6 is 0 Å². The first-order valence-electron chi connectivity index (χ1n) is 5.81. The van der Waals surface area contributed by atoms with Gasteiger partial charge in [-0.15, -0.1) is 0 Å². The summed E-state index contributed by atoms with van der Waals surface area (Å²) in [6.07, 6.45) is 2.65. The summed E-state index contributed by atoms with van der Waals surface area (Å²) in [5.74, 6) is 1.68. The summed E-state index contributed by atoms with van der Waals surface area (Å²) in [7, 11) is 1.66. The highest BCUT2D eigenvalue weighted by Gasteiger charge is 2.22. The molecule has 0 heterocycles. The molecule has 1 unspecified atom stereocenters. The van der Waals surface area contributed by atoms with Crippen LogP contribution in [0, 0.1) is 5.92 Å². The topological polar surface area (TPSA) is 41.5 Å². The van der Waals surface area contributed by atoms with Gasteiger partial charge in [0.2, 0.25) is 0 Å². The molecule has 0 bridgehead atoms. The van der Waals surface area contributed by atoms with Crippen molar-refractivity contribution in [2.45, 2.75) is 18.9 Å². The second kappa shape index (κ2) is 5.32. The minimum absolute atomic E-state index is 0.0477. The molecule has 2 rings (SSSR count). The number of hydrogen-bond donors (Lipinski definition) is 2. The average molecular weight is 221 g/mol. The number of benzene rings is 1. The number of aliphatic hydroxyl groups is 1. The van der Waals surface area contributed by atoms with Crippen molar-refractivity contribution in [2.75, 3.05) is 20.3 Å². The van der Waals surface area contributed by atoms with Crippen LogP contribution in [0.15, 0.2) is 24.3 Å². The van der Waals surface area contributed by atoms with Crippen LogP contribution in [0.2, 0.25) is 0 Å². The molecule has 16 heavy (non-hydrogen) atoms. The maximum atomic E-state index is 9.35. The molecule has 1 aliphatic rings. The van der Waals surface area contributed by atoms with Crippen molar-refractivity contribution in [3.05, 3.63) is 29.8 Å². The van der Waals surface area contributed by atoms with Crippen LogP contribution in [-0.2, 0) is 0 Å². The first-order chi connectivity index (χ1) is 7.83. The van der Waals surface area contributed by atoms with Gasteiger partial charge in [0.1, 0.15) is 5.75 Å². The van der Waals surface area contributed by atoms with Crippen molar-refractivity contribution in [1.29, 1.82) is 0 Å². The van der Waals surface area contributed by atoms with E-state index in [9.17, 15) is 5.11 Å². The van der Waals surface area contributed by atoms with Gasteiger partial charge in [-0.25, -0.2) is 0 Å². The molecule has 0 radical (unpaired) electrons. The summed E-state index contributed by atoms with van der Waals surface area (Å²) >= 11 is 0. The Hall–Kier alpha value is -1.06. The minimum Gasteiger partial charge on any atom is -0.497 e. The SMILES string of the molecule is COc1ccc(C(CO)NCC2CC2)cc1. The zero-order chi connectivity index (χ0) is 11.4. The van der Waals surface area contributed by atoms with E-state index in [1.807, 2.05) is 24.3 Å². The lowest BCUT2D eigenvalue weighted by Crippen LogP contribution is -2.26. The maximum absolute atomic E-state index is 9.35. The molecule has 0 aliphatic heterocycles. The lowest BCUT2D eigenvalue weighted by molar-refractivity contribution is 0.243. The van der Waals surface area contributed by atoms with Gasteiger partial charge < -0.3 is 15.2 Å². The predicted octanol–water partition coefficient (Wildman–Crippen LogP) is 1.73. The molecule has 0 aromatic heterocycles. The number of ether oxygens (including phenoxy) is 1. The number of nitrogens with one attached hydrogen (secondary N) is 1. The number of rotatable bonds is 6. The van der Waals surface area contributed by atoms with Crippen LogP contribution in [0.25, 0.3) is 0 Å². The number of hydrogen-bond acceptors (Lipinski definition) is 3. The predicted molar refractivity (Wildman–Crippen MR) is 63.5 cm³/mol. The third-order valence-corrected chi connectivity index (χ3v) is 3.05. The molecule has 88 valence electrons. The first-order valence-corrected chi connectivity index (χ1v) is 5.81. The van der Waals surface area contributed by atoms with Gasteiger partial charge >= 0.3 is 0 Å². The normalized spacial score (nSPS) is 17.1. The molecule has 1 fully saturated rings. The zero-order valence-corrected chi connectivity index (χ0v) is 9.65. The van der Waals surface area contributed by atoms with E-state index in [1.54, 1.807) is 7.11 Å². The Morgan fingerprint density at radius 3 is 2.56 bits per heavy atom. The lowest BCUT2D eigenvalue weighted by atomic mass is 10.1. The standard InChI is InChI=1S/C13H19NO2/c1-16-12-6-4-11(5-7-12)13(9-15)14-8-10-2-3-10/h4-7,10,13-15H,2-3,8-9H2,1H3. The third-order valence-electron chi connectivity index (χ3n) is 3.05. The van der Waals surface area contributed by atoms with E-state index in [2.05, 4.69) is 5.32 Å². The summed E-state index contributed by atoms with van der Waals surface area (Å²) in [5.41, 5.74) is 1.11. The second-order valence-electron chi connectivity index (χ2n) is 4.36. The molecule has 0 spiro atoms. The van der Waals surface area contributed by atoms with Gasteiger partial charge in [0.15, 0.2) is 0 Å². The van der Waals surface area contributed by atoms with E-state index in [4.69, 9.17) is 4.74 Å². The summed E-state index contributed by atoms with van der Waals surface area (Å²) in [6, 6.07) is 7.90. The highest BCUT2D eigenvalue weighted by Crippen LogP contribution is 2.28. The Kier molecular flexibility index (Phi) is 3.80. The minimum atomic E-state index is 0.0477. The van der Waals surface area contributed by atoms with Gasteiger partial charge in [0.25, 0.3) is 0 Å². The van der Waals surface area contributed by atoms with Crippen molar-refractivity contribution in [3.63, 3.8) is 0 Å². The van der Waals surface area contributed by atoms with Crippen molar-refractivity contribution in [2.24, 2.45) is 5.92 Å². The van der Waals surface area contributed by atoms with E-state index < -0.39 is 0 Å². The number of methoxy groups -OCH3 is 1. The molecule has 1 aliphatic carbocycles. The van der Waals surface area contributed by atoms with Gasteiger partial charge in [0, 0.05) is 0 Å². The van der Waals surface area contributed by atoms with E-state index in [0.29, 0.717) is 0 Å². The molecule has 1 atom stereocenters. The molecule has 3 heteroatoms. The van der Waals surface area contributed by atoms with Crippen LogP contribution in [0.1, 0.15) is 24.4 Å². The Bertz CT molecular complexity index is 319. The Labute approximate surface area is 96.4 Å². The molecule has 3 nitrogen and oxygen atoms in total. The quantitative estimate of drug-likeness (QED) is 0.768. The van der Waals surface area contributed by atoms with Gasteiger partial charge in [-0.2, -0.15) is 0 Å². The van der Waals surface area contributed by atoms with Crippen LogP contribution in [0.3, 0.4) is 0 Å². The monoisotopic (exact) mass is 221 g/mol. The molecule has 0 saturated heterocycles. The highest BCUT2D eigenvalue weighted by molar-refractivity contribution is 5.29. The Morgan fingerprint density at radius 1 is 1.38 bits per heavy atom. The average Bonchev–Trinajstić information content (AvgIpc) is 3.15. The molecule has 1 saturated carbocycles. The number of aliphatic hydroxyl groups excluding tert-OH is 1. The summed E-state index contributed by atoms with van der Waals surface area (Å²) < 4.78 is 5.11. The van der Waals surface area contributed by atoms with Crippen LogP contribution < -0.4 is 10.1 Å². The molecule has 1 aromatic carbocycles. The van der Waals surface area contributed by atoms with E-state index in [-0.39, 0.29) is 12.6 Å². The van der Waals surface area contributed by atoms with Crippen molar-refractivity contribution < 1.29 is 9.84 Å². The summed E-state index contributed by atoms with van der Waals surface area (Å²) in [5, 5.41) is 12.7. The van der Waals surface area contributed by atoms with Crippen molar-refractivity contribution in [3.8, 4) is 5.75 Å². The maximum Gasteiger partial charge on any atom is 0.118 e. The zero-order valence-electron chi connectivity index (χ0n) is 9.65. The van der Waals surface area contributed by atoms with Gasteiger partial charge in [0.05, 0.1) is 19.8 Å². The van der Waals surface area contributed by atoms with Gasteiger partial charge in [-0.3, -0.25) is 0 Å². The van der Waals surface area contributed by atoms with E-state index >= 15 is 0 Å². The van der Waals surface area contributed by atoms with Gasteiger partial charge in [-0.1, -0.05) is 12.1 Å². The lowest BCUT2D eigenvalue weighted by Gasteiger charge is -2.16. The van der Waals surface area contributed by atoms with E-state index in [0.717, 1.165) is 23.8 Å². The largest absolute Gasteiger partial charge is 0.497 e.